The van der Waals surface area contributed by atoms with Crippen molar-refractivity contribution in [3.63, 3.8) is 0 Å². The summed E-state index contributed by atoms with van der Waals surface area (Å²) in [6.07, 6.45) is 10.6. The number of aliphatic hydroxyl groups excluding tert-OH is 1. The van der Waals surface area contributed by atoms with E-state index in [1.54, 1.807) is 0 Å². The molecule has 0 aromatic carbocycles. The predicted octanol–water partition coefficient (Wildman–Crippen LogP) is 1.89. The van der Waals surface area contributed by atoms with Gasteiger partial charge in [0, 0.05) is 0 Å². The maximum atomic E-state index is 10.7. The van der Waals surface area contributed by atoms with Gasteiger partial charge >= 0.3 is 0 Å². The van der Waals surface area contributed by atoms with E-state index in [0.29, 0.717) is 6.54 Å². The summed E-state index contributed by atoms with van der Waals surface area (Å²) < 4.78 is 0. The van der Waals surface area contributed by atoms with Crippen LogP contribution in [0.5, 0.6) is 0 Å². The molecule has 16 heavy (non-hydrogen) atoms. The molecule has 0 aromatic rings. The third kappa shape index (κ3) is 12.0. The van der Waals surface area contributed by atoms with Crippen LogP contribution in [0.1, 0.15) is 64.7 Å². The van der Waals surface area contributed by atoms with Crippen molar-refractivity contribution in [1.29, 1.82) is 0 Å². The Balaban J connectivity index is 3.08. The van der Waals surface area contributed by atoms with Crippen LogP contribution in [0.15, 0.2) is 0 Å². The lowest BCUT2D eigenvalue weighted by atomic mass is 10.1. The molecule has 0 bridgehead atoms. The van der Waals surface area contributed by atoms with Gasteiger partial charge in [-0.2, -0.15) is 0 Å². The number of likely N-dealkylation sites (N-methyl/N-ethyl adjacent to an activating group) is 1. The van der Waals surface area contributed by atoms with E-state index in [1.165, 1.54) is 52.0 Å². The minimum absolute atomic E-state index is 0.0899. The van der Waals surface area contributed by atoms with Gasteiger partial charge in [-0.1, -0.05) is 58.3 Å². The van der Waals surface area contributed by atoms with Gasteiger partial charge in [0.25, 0.3) is 0 Å². The van der Waals surface area contributed by atoms with Gasteiger partial charge in [-0.3, -0.25) is 0 Å². The monoisotopic (exact) mass is 231 g/mol. The first kappa shape index (κ1) is 15.9. The summed E-state index contributed by atoms with van der Waals surface area (Å²) in [5.41, 5.74) is 0. The molecule has 0 saturated carbocycles. The van der Waals surface area contributed by atoms with E-state index in [2.05, 4.69) is 6.92 Å². The second-order valence-corrected chi connectivity index (χ2v) is 4.82. The number of unbranched alkanes of at least 4 members (excludes halogenated alkanes) is 7. The van der Waals surface area contributed by atoms with Gasteiger partial charge in [0.15, 0.2) is 0 Å². The fourth-order valence-electron chi connectivity index (χ4n) is 1.95. The van der Waals surface area contributed by atoms with Crippen LogP contribution in [0, 0.1) is 5.21 Å². The van der Waals surface area contributed by atoms with E-state index in [0.717, 1.165) is 12.8 Å². The fourth-order valence-corrected chi connectivity index (χ4v) is 1.95. The molecule has 0 amide bonds. The van der Waals surface area contributed by atoms with E-state index in [-0.39, 0.29) is 5.06 Å². The molecule has 3 nitrogen and oxygen atoms in total. The van der Waals surface area contributed by atoms with Gasteiger partial charge in [0.1, 0.15) is 12.6 Å². The van der Waals surface area contributed by atoms with Crippen LogP contribution in [-0.2, 0) is 0 Å². The third-order valence-electron chi connectivity index (χ3n) is 2.91. The highest BCUT2D eigenvalue weighted by Crippen LogP contribution is 2.10. The van der Waals surface area contributed by atoms with Crippen molar-refractivity contribution < 1.29 is 10.2 Å². The van der Waals surface area contributed by atoms with Crippen LogP contribution in [0.25, 0.3) is 0 Å². The smallest absolute Gasteiger partial charge is 0.103 e. The molecule has 0 aliphatic rings. The highest BCUT2D eigenvalue weighted by molar-refractivity contribution is 4.54. The Morgan fingerprint density at radius 1 is 1.00 bits per heavy atom. The highest BCUT2D eigenvalue weighted by atomic mass is 16.5. The van der Waals surface area contributed by atoms with E-state index in [1.807, 2.05) is 0 Å². The molecule has 0 radical (unpaired) electrons. The lowest BCUT2D eigenvalue weighted by Gasteiger charge is -2.19. The summed E-state index contributed by atoms with van der Waals surface area (Å²) in [4.78, 5) is 0. The SMILES string of the molecule is CCCCCCCCCCC(O)C[NH+](C)[O-]. The molecule has 0 heterocycles. The summed E-state index contributed by atoms with van der Waals surface area (Å²) in [7, 11) is 1.54. The summed E-state index contributed by atoms with van der Waals surface area (Å²) >= 11 is 0. The first-order chi connectivity index (χ1) is 7.66. The van der Waals surface area contributed by atoms with E-state index in [4.69, 9.17) is 0 Å². The average molecular weight is 231 g/mol. The zero-order valence-electron chi connectivity index (χ0n) is 11.0. The fraction of sp³-hybridized carbons (Fsp3) is 1.00. The van der Waals surface area contributed by atoms with E-state index in [9.17, 15) is 10.3 Å². The van der Waals surface area contributed by atoms with Crippen molar-refractivity contribution in [1.82, 2.24) is 0 Å². The first-order valence-electron chi connectivity index (χ1n) is 6.84. The van der Waals surface area contributed by atoms with Crippen molar-refractivity contribution in [2.24, 2.45) is 0 Å². The van der Waals surface area contributed by atoms with Crippen LogP contribution in [-0.4, -0.2) is 24.8 Å². The number of hydrogen-bond acceptors (Lipinski definition) is 2. The number of hydroxylamine groups is 2. The molecule has 2 N–H and O–H groups in total. The van der Waals surface area contributed by atoms with Gasteiger partial charge < -0.3 is 15.4 Å². The molecule has 98 valence electrons. The molecule has 3 heteroatoms. The maximum Gasteiger partial charge on any atom is 0.103 e. The summed E-state index contributed by atoms with van der Waals surface area (Å²) in [6.45, 7) is 2.56. The van der Waals surface area contributed by atoms with Crippen LogP contribution >= 0.6 is 0 Å². The Hall–Kier alpha value is -0.120. The molecule has 0 aliphatic heterocycles. The van der Waals surface area contributed by atoms with Gasteiger partial charge in [-0.05, 0) is 6.42 Å². The Bertz CT molecular complexity index is 140. The van der Waals surface area contributed by atoms with Gasteiger partial charge in [-0.25, -0.2) is 0 Å². The number of aliphatic hydroxyl groups is 1. The van der Waals surface area contributed by atoms with Crippen molar-refractivity contribution in [3.8, 4) is 0 Å². The molecular formula is C13H29NO2. The molecule has 0 saturated heterocycles. The van der Waals surface area contributed by atoms with Crippen molar-refractivity contribution in [2.45, 2.75) is 70.8 Å². The summed E-state index contributed by atoms with van der Waals surface area (Å²) in [5.74, 6) is 0. The molecule has 0 aliphatic carbocycles. The molecular weight excluding hydrogens is 202 g/mol. The number of hydrogen-bond donors (Lipinski definition) is 2. The molecule has 2 atom stereocenters. The van der Waals surface area contributed by atoms with Gasteiger partial charge in [-0.15, -0.1) is 0 Å². The summed E-state index contributed by atoms with van der Waals surface area (Å²) in [6, 6.07) is 0. The lowest BCUT2D eigenvalue weighted by Crippen LogP contribution is -3.05. The van der Waals surface area contributed by atoms with Crippen molar-refractivity contribution in [3.05, 3.63) is 5.21 Å². The minimum atomic E-state index is -0.405. The zero-order chi connectivity index (χ0) is 12.2. The van der Waals surface area contributed by atoms with Crippen molar-refractivity contribution in [2.75, 3.05) is 13.6 Å². The number of rotatable bonds is 11. The second kappa shape index (κ2) is 11.4. The van der Waals surface area contributed by atoms with Gasteiger partial charge in [0.2, 0.25) is 0 Å². The molecule has 0 spiro atoms. The molecule has 2 unspecified atom stereocenters. The van der Waals surface area contributed by atoms with Crippen LogP contribution in [0.4, 0.5) is 0 Å². The lowest BCUT2D eigenvalue weighted by molar-refractivity contribution is -0.829. The topological polar surface area (TPSA) is 47.7 Å². The normalized spacial score (nSPS) is 15.0. The molecule has 0 rings (SSSR count). The largest absolute Gasteiger partial charge is 0.634 e. The standard InChI is InChI=1S/C13H29NO2/c1-3-4-5-6-7-8-9-10-11-13(15)12-14(2)16/h13-15H,3-12H2,1-2H3. The van der Waals surface area contributed by atoms with E-state index < -0.39 is 6.10 Å². The van der Waals surface area contributed by atoms with Crippen LogP contribution in [0.3, 0.4) is 0 Å². The maximum absolute atomic E-state index is 10.7. The average Bonchev–Trinajstić information content (AvgIpc) is 2.21. The Kier molecular flexibility index (Phi) is 11.3. The van der Waals surface area contributed by atoms with Crippen molar-refractivity contribution >= 4 is 0 Å². The Labute approximate surface area is 100 Å². The summed E-state index contributed by atoms with van der Waals surface area (Å²) in [5, 5.41) is 20.3. The Morgan fingerprint density at radius 2 is 1.50 bits per heavy atom. The second-order valence-electron chi connectivity index (χ2n) is 4.82. The number of nitrogens with one attached hydrogen (secondary N) is 1. The van der Waals surface area contributed by atoms with Crippen LogP contribution in [0.2, 0.25) is 0 Å². The highest BCUT2D eigenvalue weighted by Gasteiger charge is 2.05. The molecule has 0 aromatic heterocycles. The first-order valence-corrected chi connectivity index (χ1v) is 6.84. The third-order valence-corrected chi connectivity index (χ3v) is 2.91. The van der Waals surface area contributed by atoms with Gasteiger partial charge in [0.05, 0.1) is 7.05 Å². The zero-order valence-corrected chi connectivity index (χ0v) is 11.0. The van der Waals surface area contributed by atoms with Crippen LogP contribution < -0.4 is 5.06 Å². The molecule has 0 fully saturated rings. The quantitative estimate of drug-likeness (QED) is 0.421. The minimum Gasteiger partial charge on any atom is -0.634 e. The Morgan fingerprint density at radius 3 is 2.00 bits per heavy atom. The predicted molar refractivity (Wildman–Crippen MR) is 68.4 cm³/mol. The van der Waals surface area contributed by atoms with E-state index >= 15 is 0 Å². The number of quaternary nitrogens is 1.